The number of sulfonamides is 1. The number of primary sulfonamides is 1. The van der Waals surface area contributed by atoms with Crippen molar-refractivity contribution in [3.8, 4) is 5.75 Å². The summed E-state index contributed by atoms with van der Waals surface area (Å²) in [6.45, 7) is 4.00. The van der Waals surface area contributed by atoms with Crippen molar-refractivity contribution >= 4 is 10.0 Å². The van der Waals surface area contributed by atoms with Crippen LogP contribution in [0.25, 0.3) is 0 Å². The Hall–Kier alpha value is -1.86. The molecule has 0 fully saturated rings. The highest BCUT2D eigenvalue weighted by Crippen LogP contribution is 2.25. The molecule has 0 bridgehead atoms. The molecule has 0 saturated carbocycles. The lowest BCUT2D eigenvalue weighted by Gasteiger charge is -2.12. The van der Waals surface area contributed by atoms with E-state index in [0.29, 0.717) is 17.9 Å². The van der Waals surface area contributed by atoms with Crippen LogP contribution in [0.15, 0.2) is 29.3 Å². The second-order valence-corrected chi connectivity index (χ2v) is 6.50. The minimum absolute atomic E-state index is 0.138. The van der Waals surface area contributed by atoms with Crippen molar-refractivity contribution in [2.75, 3.05) is 6.61 Å². The van der Waals surface area contributed by atoms with Gasteiger partial charge >= 0.3 is 0 Å². The van der Waals surface area contributed by atoms with Crippen LogP contribution in [0.1, 0.15) is 16.8 Å². The molecule has 0 spiro atoms. The van der Waals surface area contributed by atoms with Crippen molar-refractivity contribution in [1.82, 2.24) is 9.78 Å². The van der Waals surface area contributed by atoms with Crippen LogP contribution in [-0.2, 0) is 23.5 Å². The Morgan fingerprint density at radius 1 is 1.29 bits per heavy atom. The number of hydrogen-bond donors (Lipinski definition) is 1. The Kier molecular flexibility index (Phi) is 4.34. The zero-order valence-corrected chi connectivity index (χ0v) is 13.1. The van der Waals surface area contributed by atoms with E-state index in [1.807, 2.05) is 13.1 Å². The highest BCUT2D eigenvalue weighted by molar-refractivity contribution is 7.89. The topological polar surface area (TPSA) is 87.2 Å². The van der Waals surface area contributed by atoms with Gasteiger partial charge in [-0.05, 0) is 43.2 Å². The largest absolute Gasteiger partial charge is 0.493 e. The molecule has 1 aromatic carbocycles. The number of benzene rings is 1. The average Bonchev–Trinajstić information content (AvgIpc) is 2.77. The van der Waals surface area contributed by atoms with E-state index in [4.69, 9.17) is 9.88 Å². The molecular weight excluding hydrogens is 290 g/mol. The third-order valence-electron chi connectivity index (χ3n) is 3.32. The highest BCUT2D eigenvalue weighted by atomic mass is 32.2. The summed E-state index contributed by atoms with van der Waals surface area (Å²) in [6.07, 6.45) is 2.47. The molecule has 21 heavy (non-hydrogen) atoms. The summed E-state index contributed by atoms with van der Waals surface area (Å²) in [6, 6.07) is 5.19. The number of hydrogen-bond acceptors (Lipinski definition) is 4. The minimum atomic E-state index is -3.70. The lowest BCUT2D eigenvalue weighted by molar-refractivity contribution is 0.316. The van der Waals surface area contributed by atoms with Gasteiger partial charge in [-0.1, -0.05) is 0 Å². The van der Waals surface area contributed by atoms with Gasteiger partial charge in [0.15, 0.2) is 0 Å². The highest BCUT2D eigenvalue weighted by Gasteiger charge is 2.14. The number of nitrogens with two attached hydrogens (primary N) is 1. The Morgan fingerprint density at radius 3 is 2.57 bits per heavy atom. The second-order valence-electron chi connectivity index (χ2n) is 4.97. The van der Waals surface area contributed by atoms with Crippen LogP contribution >= 0.6 is 0 Å². The van der Waals surface area contributed by atoms with Crippen LogP contribution < -0.4 is 9.88 Å². The first-order chi connectivity index (χ1) is 9.79. The van der Waals surface area contributed by atoms with Crippen molar-refractivity contribution in [3.05, 3.63) is 41.2 Å². The molecule has 114 valence electrons. The standard InChI is InChI=1S/C14H19N3O3S/c1-10-9-14(21(15,18)19)11(2)8-13(10)20-7-5-12-4-6-16-17(12)3/h4,6,8-9H,5,7H2,1-3H3,(H2,15,18,19). The maximum Gasteiger partial charge on any atom is 0.238 e. The first kappa shape index (κ1) is 15.5. The molecule has 2 rings (SSSR count). The summed E-state index contributed by atoms with van der Waals surface area (Å²) in [5, 5.41) is 9.27. The summed E-state index contributed by atoms with van der Waals surface area (Å²) < 4.78 is 30.4. The minimum Gasteiger partial charge on any atom is -0.493 e. The van der Waals surface area contributed by atoms with Crippen molar-refractivity contribution in [3.63, 3.8) is 0 Å². The van der Waals surface area contributed by atoms with Gasteiger partial charge in [0.05, 0.1) is 11.5 Å². The molecule has 7 heteroatoms. The van der Waals surface area contributed by atoms with Crippen LogP contribution in [0.2, 0.25) is 0 Å². The molecule has 0 aliphatic carbocycles. The molecule has 0 atom stereocenters. The monoisotopic (exact) mass is 309 g/mol. The molecular formula is C14H19N3O3S. The third-order valence-corrected chi connectivity index (χ3v) is 4.37. The van der Waals surface area contributed by atoms with Gasteiger partial charge < -0.3 is 4.74 Å². The quantitative estimate of drug-likeness (QED) is 0.902. The van der Waals surface area contributed by atoms with Gasteiger partial charge in [-0.25, -0.2) is 13.6 Å². The maximum absolute atomic E-state index is 11.5. The van der Waals surface area contributed by atoms with Crippen LogP contribution in [-0.4, -0.2) is 24.8 Å². The van der Waals surface area contributed by atoms with Crippen molar-refractivity contribution < 1.29 is 13.2 Å². The van der Waals surface area contributed by atoms with Crippen LogP contribution in [0, 0.1) is 13.8 Å². The van der Waals surface area contributed by atoms with E-state index in [9.17, 15) is 8.42 Å². The summed E-state index contributed by atoms with van der Waals surface area (Å²) in [4.78, 5) is 0.138. The first-order valence-electron chi connectivity index (χ1n) is 6.53. The van der Waals surface area contributed by atoms with Gasteiger partial charge in [0.1, 0.15) is 5.75 Å². The number of aromatic nitrogens is 2. The summed E-state index contributed by atoms with van der Waals surface area (Å²) in [5.74, 6) is 0.669. The number of rotatable bonds is 5. The molecule has 0 aliphatic rings. The van der Waals surface area contributed by atoms with Gasteiger partial charge in [-0.3, -0.25) is 4.68 Å². The van der Waals surface area contributed by atoms with Gasteiger partial charge in [-0.15, -0.1) is 0 Å². The summed E-state index contributed by atoms with van der Waals surface area (Å²) in [5.41, 5.74) is 2.40. The molecule has 0 unspecified atom stereocenters. The Labute approximate surface area is 124 Å². The molecule has 0 aliphatic heterocycles. The van der Waals surface area contributed by atoms with Crippen molar-refractivity contribution in [2.45, 2.75) is 25.2 Å². The van der Waals surface area contributed by atoms with Crippen molar-refractivity contribution in [2.24, 2.45) is 12.2 Å². The lowest BCUT2D eigenvalue weighted by atomic mass is 10.1. The average molecular weight is 309 g/mol. The van der Waals surface area contributed by atoms with Gasteiger partial charge in [0.25, 0.3) is 0 Å². The molecule has 2 N–H and O–H groups in total. The van der Waals surface area contributed by atoms with E-state index in [1.54, 1.807) is 36.9 Å². The smallest absolute Gasteiger partial charge is 0.238 e. The number of nitrogens with zero attached hydrogens (tertiary/aromatic N) is 2. The zero-order valence-electron chi connectivity index (χ0n) is 12.3. The fourth-order valence-electron chi connectivity index (χ4n) is 2.14. The Bertz CT molecular complexity index is 751. The van der Waals surface area contributed by atoms with E-state index in [-0.39, 0.29) is 4.90 Å². The molecule has 1 heterocycles. The van der Waals surface area contributed by atoms with Gasteiger partial charge in [-0.2, -0.15) is 5.10 Å². The van der Waals surface area contributed by atoms with Crippen LogP contribution in [0.5, 0.6) is 5.75 Å². The lowest BCUT2D eigenvalue weighted by Crippen LogP contribution is -2.14. The summed E-state index contributed by atoms with van der Waals surface area (Å²) in [7, 11) is -1.82. The van der Waals surface area contributed by atoms with Crippen molar-refractivity contribution in [1.29, 1.82) is 0 Å². The van der Waals surface area contributed by atoms with E-state index >= 15 is 0 Å². The first-order valence-corrected chi connectivity index (χ1v) is 8.07. The molecule has 0 radical (unpaired) electrons. The number of aryl methyl sites for hydroxylation is 3. The fourth-order valence-corrected chi connectivity index (χ4v) is 2.99. The summed E-state index contributed by atoms with van der Waals surface area (Å²) >= 11 is 0. The molecule has 0 saturated heterocycles. The predicted octanol–water partition coefficient (Wildman–Crippen LogP) is 1.31. The molecule has 2 aromatic rings. The van der Waals surface area contributed by atoms with E-state index in [1.165, 1.54) is 0 Å². The van der Waals surface area contributed by atoms with Crippen LogP contribution in [0.3, 0.4) is 0 Å². The molecule has 6 nitrogen and oxygen atoms in total. The maximum atomic E-state index is 11.5. The van der Waals surface area contributed by atoms with Gasteiger partial charge in [0, 0.05) is 25.4 Å². The third kappa shape index (κ3) is 3.62. The Morgan fingerprint density at radius 2 is 2.00 bits per heavy atom. The van der Waals surface area contributed by atoms with E-state index < -0.39 is 10.0 Å². The van der Waals surface area contributed by atoms with E-state index in [2.05, 4.69) is 5.10 Å². The number of ether oxygens (including phenoxy) is 1. The van der Waals surface area contributed by atoms with E-state index in [0.717, 1.165) is 17.7 Å². The second kappa shape index (κ2) is 5.87. The molecule has 0 amide bonds. The fraction of sp³-hybridized carbons (Fsp3) is 0.357. The predicted molar refractivity (Wildman–Crippen MR) is 79.7 cm³/mol. The normalized spacial score (nSPS) is 11.6. The van der Waals surface area contributed by atoms with Gasteiger partial charge in [0.2, 0.25) is 10.0 Å². The zero-order chi connectivity index (χ0) is 15.6. The van der Waals surface area contributed by atoms with Crippen LogP contribution in [0.4, 0.5) is 0 Å². The molecule has 1 aromatic heterocycles. The Balaban J connectivity index is 2.11. The SMILES string of the molecule is Cc1cc(S(N)(=O)=O)c(C)cc1OCCc1ccnn1C.